The maximum atomic E-state index is 12.6. The summed E-state index contributed by atoms with van der Waals surface area (Å²) in [4.78, 5) is 28.4. The van der Waals surface area contributed by atoms with Crippen LogP contribution >= 0.6 is 11.6 Å². The van der Waals surface area contributed by atoms with E-state index in [2.05, 4.69) is 29.2 Å². The van der Waals surface area contributed by atoms with Gasteiger partial charge >= 0.3 is 5.97 Å². The number of carbonyl (C=O) groups excluding carboxylic acids is 2. The summed E-state index contributed by atoms with van der Waals surface area (Å²) in [5, 5.41) is 0.642. The molecule has 0 atom stereocenters. The van der Waals surface area contributed by atoms with Crippen LogP contribution in [-0.4, -0.2) is 61.0 Å². The van der Waals surface area contributed by atoms with E-state index in [4.69, 9.17) is 16.3 Å². The molecule has 0 unspecified atom stereocenters. The highest BCUT2D eigenvalue weighted by Gasteiger charge is 2.21. The van der Waals surface area contributed by atoms with Crippen LogP contribution in [-0.2, 0) is 22.4 Å². The zero-order valence-corrected chi connectivity index (χ0v) is 18.2. The first-order valence-electron chi connectivity index (χ1n) is 10.6. The molecule has 0 spiro atoms. The fourth-order valence-electron chi connectivity index (χ4n) is 3.59. The first-order valence-corrected chi connectivity index (χ1v) is 10.9. The fraction of sp³-hybridized carbons (Fsp3) is 0.417. The molecule has 0 saturated carbocycles. The third kappa shape index (κ3) is 6.57. The van der Waals surface area contributed by atoms with Gasteiger partial charge in [-0.3, -0.25) is 14.5 Å². The summed E-state index contributed by atoms with van der Waals surface area (Å²) in [6.45, 7) is 6.49. The Kier molecular flexibility index (Phi) is 8.29. The van der Waals surface area contributed by atoms with Gasteiger partial charge in [-0.2, -0.15) is 0 Å². The van der Waals surface area contributed by atoms with Crippen molar-refractivity contribution >= 4 is 23.5 Å². The molecule has 6 heteroatoms. The molecule has 1 heterocycles. The highest BCUT2D eigenvalue weighted by molar-refractivity contribution is 6.30. The van der Waals surface area contributed by atoms with Crippen molar-refractivity contribution in [1.29, 1.82) is 0 Å². The molecule has 1 fully saturated rings. The Balaban J connectivity index is 1.39. The van der Waals surface area contributed by atoms with Crippen LogP contribution in [0.25, 0.3) is 0 Å². The number of hydrogen-bond acceptors (Lipinski definition) is 4. The average Bonchev–Trinajstić information content (AvgIpc) is 2.77. The van der Waals surface area contributed by atoms with Gasteiger partial charge in [0, 0.05) is 49.7 Å². The molecule has 3 rings (SSSR count). The normalized spacial score (nSPS) is 14.5. The van der Waals surface area contributed by atoms with Crippen molar-refractivity contribution in [2.75, 3.05) is 39.3 Å². The maximum absolute atomic E-state index is 12.6. The van der Waals surface area contributed by atoms with Gasteiger partial charge in [-0.1, -0.05) is 35.9 Å². The Hall–Kier alpha value is -2.37. The number of benzene rings is 2. The predicted octanol–water partition coefficient (Wildman–Crippen LogP) is 3.84. The van der Waals surface area contributed by atoms with Crippen LogP contribution in [0, 0.1) is 0 Å². The number of piperazine rings is 1. The third-order valence-electron chi connectivity index (χ3n) is 5.41. The van der Waals surface area contributed by atoms with E-state index in [1.807, 2.05) is 11.8 Å². The molecule has 2 aromatic carbocycles. The van der Waals surface area contributed by atoms with Crippen molar-refractivity contribution in [3.8, 4) is 0 Å². The number of carbonyl (C=O) groups is 2. The van der Waals surface area contributed by atoms with Crippen LogP contribution in [0.4, 0.5) is 0 Å². The Bertz CT molecular complexity index is 829. The standard InChI is InChI=1S/C24H29ClN2O3/c1-2-30-23(28)12-7-19-3-5-20(6-4-19)13-14-26-15-17-27(18-16-26)24(29)21-8-10-22(25)11-9-21/h3-6,8-11H,2,7,12-18H2,1H3. The minimum atomic E-state index is -0.143. The first kappa shape index (κ1) is 22.3. The van der Waals surface area contributed by atoms with Gasteiger partial charge in [-0.15, -0.1) is 0 Å². The van der Waals surface area contributed by atoms with Crippen molar-refractivity contribution in [3.05, 3.63) is 70.2 Å². The van der Waals surface area contributed by atoms with Gasteiger partial charge in [0.05, 0.1) is 6.61 Å². The Morgan fingerprint density at radius 3 is 2.10 bits per heavy atom. The molecule has 1 aliphatic heterocycles. The number of esters is 1. The molecule has 1 amide bonds. The van der Waals surface area contributed by atoms with Crippen LogP contribution in [0.1, 0.15) is 34.8 Å². The van der Waals surface area contributed by atoms with Gasteiger partial charge in [0.25, 0.3) is 5.91 Å². The van der Waals surface area contributed by atoms with E-state index in [-0.39, 0.29) is 11.9 Å². The van der Waals surface area contributed by atoms with E-state index < -0.39 is 0 Å². The average molecular weight is 429 g/mol. The molecule has 0 aromatic heterocycles. The molecular weight excluding hydrogens is 400 g/mol. The quantitative estimate of drug-likeness (QED) is 0.599. The minimum Gasteiger partial charge on any atom is -0.466 e. The zero-order chi connectivity index (χ0) is 21.3. The summed E-state index contributed by atoms with van der Waals surface area (Å²) in [7, 11) is 0. The van der Waals surface area contributed by atoms with Crippen LogP contribution in [0.3, 0.4) is 0 Å². The molecule has 0 bridgehead atoms. The van der Waals surface area contributed by atoms with Crippen molar-refractivity contribution in [2.24, 2.45) is 0 Å². The fourth-order valence-corrected chi connectivity index (χ4v) is 3.71. The predicted molar refractivity (Wildman–Crippen MR) is 119 cm³/mol. The molecule has 1 aliphatic rings. The summed E-state index contributed by atoms with van der Waals surface area (Å²) in [6, 6.07) is 15.6. The third-order valence-corrected chi connectivity index (χ3v) is 5.67. The van der Waals surface area contributed by atoms with Gasteiger partial charge in [0.1, 0.15) is 0 Å². The zero-order valence-electron chi connectivity index (χ0n) is 17.5. The van der Waals surface area contributed by atoms with E-state index in [0.717, 1.165) is 44.7 Å². The first-order chi connectivity index (χ1) is 14.5. The molecule has 2 aromatic rings. The van der Waals surface area contributed by atoms with E-state index in [0.29, 0.717) is 30.0 Å². The topological polar surface area (TPSA) is 49.9 Å². The number of nitrogens with zero attached hydrogens (tertiary/aromatic N) is 2. The summed E-state index contributed by atoms with van der Waals surface area (Å²) in [5.41, 5.74) is 3.13. The SMILES string of the molecule is CCOC(=O)CCc1ccc(CCN2CCN(C(=O)c3ccc(Cl)cc3)CC2)cc1. The number of hydrogen-bond donors (Lipinski definition) is 0. The van der Waals surface area contributed by atoms with Crippen molar-refractivity contribution in [3.63, 3.8) is 0 Å². The van der Waals surface area contributed by atoms with Gasteiger partial charge in [0.15, 0.2) is 0 Å². The van der Waals surface area contributed by atoms with E-state index >= 15 is 0 Å². The van der Waals surface area contributed by atoms with Crippen molar-refractivity contribution < 1.29 is 14.3 Å². The molecule has 1 saturated heterocycles. The van der Waals surface area contributed by atoms with Crippen molar-refractivity contribution in [2.45, 2.75) is 26.2 Å². The number of halogens is 1. The van der Waals surface area contributed by atoms with Gasteiger partial charge < -0.3 is 9.64 Å². The lowest BCUT2D eigenvalue weighted by molar-refractivity contribution is -0.143. The van der Waals surface area contributed by atoms with Crippen LogP contribution in [0.2, 0.25) is 5.02 Å². The van der Waals surface area contributed by atoms with Gasteiger partial charge in [-0.25, -0.2) is 0 Å². The molecule has 0 radical (unpaired) electrons. The number of aryl methyl sites for hydroxylation is 1. The molecule has 0 N–H and O–H groups in total. The van der Waals surface area contributed by atoms with Crippen molar-refractivity contribution in [1.82, 2.24) is 9.80 Å². The van der Waals surface area contributed by atoms with Gasteiger partial charge in [0.2, 0.25) is 0 Å². The summed E-state index contributed by atoms with van der Waals surface area (Å²) in [6.07, 6.45) is 2.11. The van der Waals surface area contributed by atoms with Crippen LogP contribution in [0.5, 0.6) is 0 Å². The number of ether oxygens (including phenoxy) is 1. The minimum absolute atomic E-state index is 0.0738. The lowest BCUT2D eigenvalue weighted by Crippen LogP contribution is -2.49. The largest absolute Gasteiger partial charge is 0.466 e. The van der Waals surface area contributed by atoms with E-state index in [1.54, 1.807) is 24.3 Å². The molecule has 0 aliphatic carbocycles. The van der Waals surface area contributed by atoms with Crippen LogP contribution in [0.15, 0.2) is 48.5 Å². The summed E-state index contributed by atoms with van der Waals surface area (Å²) < 4.78 is 4.97. The Morgan fingerprint density at radius 2 is 1.50 bits per heavy atom. The lowest BCUT2D eigenvalue weighted by atomic mass is 10.1. The molecular formula is C24H29ClN2O3. The highest BCUT2D eigenvalue weighted by Crippen LogP contribution is 2.14. The number of amides is 1. The lowest BCUT2D eigenvalue weighted by Gasteiger charge is -2.34. The molecule has 160 valence electrons. The van der Waals surface area contributed by atoms with E-state index in [9.17, 15) is 9.59 Å². The number of rotatable bonds is 8. The summed E-state index contributed by atoms with van der Waals surface area (Å²) >= 11 is 5.90. The smallest absolute Gasteiger partial charge is 0.306 e. The Morgan fingerprint density at radius 1 is 0.900 bits per heavy atom. The second-order valence-corrected chi connectivity index (χ2v) is 7.95. The highest BCUT2D eigenvalue weighted by atomic mass is 35.5. The van der Waals surface area contributed by atoms with Crippen LogP contribution < -0.4 is 0 Å². The second-order valence-electron chi connectivity index (χ2n) is 7.51. The maximum Gasteiger partial charge on any atom is 0.306 e. The molecule has 30 heavy (non-hydrogen) atoms. The van der Waals surface area contributed by atoms with E-state index in [1.165, 1.54) is 5.56 Å². The summed E-state index contributed by atoms with van der Waals surface area (Å²) in [5.74, 6) is -0.0695. The Labute approximate surface area is 183 Å². The molecule has 5 nitrogen and oxygen atoms in total. The second kappa shape index (κ2) is 11.1. The monoisotopic (exact) mass is 428 g/mol. The van der Waals surface area contributed by atoms with Gasteiger partial charge in [-0.05, 0) is 55.2 Å².